The Morgan fingerprint density at radius 2 is 2.15 bits per heavy atom. The van der Waals surface area contributed by atoms with E-state index in [1.807, 2.05) is 26.2 Å². The van der Waals surface area contributed by atoms with Crippen LogP contribution in [0.4, 0.5) is 0 Å². The lowest BCUT2D eigenvalue weighted by molar-refractivity contribution is 0.161. The molecular formula is C13H24N2O3S2. The van der Waals surface area contributed by atoms with Gasteiger partial charge < -0.3 is 10.1 Å². The van der Waals surface area contributed by atoms with Crippen LogP contribution in [0.3, 0.4) is 0 Å². The lowest BCUT2D eigenvalue weighted by atomic mass is 10.2. The number of sulfonamides is 1. The number of ether oxygens (including phenoxy) is 1. The van der Waals surface area contributed by atoms with E-state index in [1.165, 1.54) is 11.3 Å². The Morgan fingerprint density at radius 1 is 1.45 bits per heavy atom. The molecule has 1 aromatic heterocycles. The van der Waals surface area contributed by atoms with Crippen LogP contribution in [0.15, 0.2) is 10.3 Å². The molecular weight excluding hydrogens is 296 g/mol. The Morgan fingerprint density at radius 3 is 2.75 bits per heavy atom. The molecule has 1 unspecified atom stereocenters. The zero-order valence-electron chi connectivity index (χ0n) is 12.5. The van der Waals surface area contributed by atoms with Crippen molar-refractivity contribution in [1.82, 2.24) is 10.0 Å². The monoisotopic (exact) mass is 320 g/mol. The van der Waals surface area contributed by atoms with Crippen molar-refractivity contribution in [3.63, 3.8) is 0 Å². The van der Waals surface area contributed by atoms with E-state index in [0.29, 0.717) is 24.6 Å². The molecule has 0 bridgehead atoms. The van der Waals surface area contributed by atoms with Crippen molar-refractivity contribution in [2.75, 3.05) is 26.8 Å². The molecule has 0 aliphatic heterocycles. The number of aryl methyl sites for hydroxylation is 1. The maximum Gasteiger partial charge on any atom is 0.241 e. The van der Waals surface area contributed by atoms with E-state index in [-0.39, 0.29) is 5.92 Å². The summed E-state index contributed by atoms with van der Waals surface area (Å²) in [5.74, 6) is 0.144. The van der Waals surface area contributed by atoms with Crippen LogP contribution < -0.4 is 10.0 Å². The van der Waals surface area contributed by atoms with Gasteiger partial charge in [0.05, 0.1) is 0 Å². The van der Waals surface area contributed by atoms with E-state index in [1.54, 1.807) is 7.11 Å². The average Bonchev–Trinajstić information content (AvgIpc) is 2.76. The van der Waals surface area contributed by atoms with Crippen molar-refractivity contribution in [2.45, 2.75) is 32.2 Å². The minimum absolute atomic E-state index is 0.144. The Kier molecular flexibility index (Phi) is 7.11. The number of hydrogen-bond donors (Lipinski definition) is 2. The molecule has 0 spiro atoms. The van der Waals surface area contributed by atoms with Gasteiger partial charge >= 0.3 is 0 Å². The minimum Gasteiger partial charge on any atom is -0.384 e. The molecule has 1 atom stereocenters. The van der Waals surface area contributed by atoms with Crippen LogP contribution in [0, 0.1) is 12.8 Å². The summed E-state index contributed by atoms with van der Waals surface area (Å²) < 4.78 is 32.6. The van der Waals surface area contributed by atoms with Crippen molar-refractivity contribution in [2.24, 2.45) is 5.92 Å². The second-order valence-corrected chi connectivity index (χ2v) is 7.53. The van der Waals surface area contributed by atoms with Crippen LogP contribution in [0.2, 0.25) is 0 Å². The molecule has 0 aliphatic rings. The second kappa shape index (κ2) is 8.09. The fourth-order valence-electron chi connectivity index (χ4n) is 1.88. The van der Waals surface area contributed by atoms with E-state index in [2.05, 4.69) is 10.0 Å². The van der Waals surface area contributed by atoms with E-state index < -0.39 is 10.0 Å². The summed E-state index contributed by atoms with van der Waals surface area (Å²) in [7, 11) is -1.84. The van der Waals surface area contributed by atoms with E-state index in [0.717, 1.165) is 17.0 Å². The Labute approximate surface area is 125 Å². The first-order valence-corrected chi connectivity index (χ1v) is 9.04. The molecule has 20 heavy (non-hydrogen) atoms. The largest absolute Gasteiger partial charge is 0.384 e. The first-order chi connectivity index (χ1) is 9.42. The predicted molar refractivity (Wildman–Crippen MR) is 82.7 cm³/mol. The second-order valence-electron chi connectivity index (χ2n) is 4.86. The smallest absolute Gasteiger partial charge is 0.241 e. The van der Waals surface area contributed by atoms with Gasteiger partial charge in [-0.1, -0.05) is 13.8 Å². The normalized spacial score (nSPS) is 13.6. The molecule has 0 saturated carbocycles. The molecule has 1 heterocycles. The molecule has 116 valence electrons. The predicted octanol–water partition coefficient (Wildman–Crippen LogP) is 1.73. The van der Waals surface area contributed by atoms with Crippen molar-refractivity contribution in [3.05, 3.63) is 15.8 Å². The van der Waals surface area contributed by atoms with Gasteiger partial charge in [-0.25, -0.2) is 13.1 Å². The maximum atomic E-state index is 12.4. The van der Waals surface area contributed by atoms with Crippen LogP contribution in [-0.4, -0.2) is 35.2 Å². The highest BCUT2D eigenvalue weighted by Gasteiger charge is 2.23. The Balaban J connectivity index is 2.83. The molecule has 1 aromatic rings. The Hall–Kier alpha value is -0.470. The van der Waals surface area contributed by atoms with Gasteiger partial charge in [-0.05, 0) is 30.3 Å². The number of thiophene rings is 1. The van der Waals surface area contributed by atoms with Gasteiger partial charge in [0.25, 0.3) is 0 Å². The lowest BCUT2D eigenvalue weighted by Crippen LogP contribution is -2.31. The minimum atomic E-state index is -3.46. The first kappa shape index (κ1) is 17.6. The summed E-state index contributed by atoms with van der Waals surface area (Å²) in [6.07, 6.45) is 0. The van der Waals surface area contributed by atoms with E-state index >= 15 is 0 Å². The molecule has 0 saturated heterocycles. The summed E-state index contributed by atoms with van der Waals surface area (Å²) in [6.45, 7) is 8.10. The number of hydrogen-bond acceptors (Lipinski definition) is 5. The topological polar surface area (TPSA) is 67.4 Å². The average molecular weight is 320 g/mol. The Bertz CT molecular complexity index is 512. The van der Waals surface area contributed by atoms with Crippen LogP contribution in [0.25, 0.3) is 0 Å². The molecule has 1 rings (SSSR count). The third-order valence-electron chi connectivity index (χ3n) is 2.87. The van der Waals surface area contributed by atoms with Gasteiger partial charge in [-0.2, -0.15) is 0 Å². The first-order valence-electron chi connectivity index (χ1n) is 6.68. The number of methoxy groups -OCH3 is 1. The highest BCUT2D eigenvalue weighted by atomic mass is 32.2. The van der Waals surface area contributed by atoms with Gasteiger partial charge in [0.1, 0.15) is 4.90 Å². The van der Waals surface area contributed by atoms with Crippen molar-refractivity contribution < 1.29 is 13.2 Å². The molecule has 5 nitrogen and oxygen atoms in total. The van der Waals surface area contributed by atoms with Crippen molar-refractivity contribution in [3.8, 4) is 0 Å². The number of nitrogens with one attached hydrogen (secondary N) is 2. The standard InChI is InChI=1S/C13H24N2O3S2/c1-5-14-7-12-13(11(3)9-19-12)20(16,17)15-6-10(2)8-18-4/h9-10,14-15H,5-8H2,1-4H3. The van der Waals surface area contributed by atoms with Crippen molar-refractivity contribution >= 4 is 21.4 Å². The molecule has 0 fully saturated rings. The van der Waals surface area contributed by atoms with Crippen LogP contribution in [0.1, 0.15) is 24.3 Å². The third-order valence-corrected chi connectivity index (χ3v) is 5.75. The van der Waals surface area contributed by atoms with Gasteiger partial charge in [0.15, 0.2) is 0 Å². The molecule has 0 aliphatic carbocycles. The molecule has 7 heteroatoms. The summed E-state index contributed by atoms with van der Waals surface area (Å²) in [6, 6.07) is 0. The van der Waals surface area contributed by atoms with Crippen LogP contribution in [-0.2, 0) is 21.3 Å². The zero-order valence-corrected chi connectivity index (χ0v) is 14.2. The quantitative estimate of drug-likeness (QED) is 0.727. The molecule has 0 amide bonds. The van der Waals surface area contributed by atoms with Crippen LogP contribution in [0.5, 0.6) is 0 Å². The summed E-state index contributed by atoms with van der Waals surface area (Å²) in [5, 5.41) is 5.06. The zero-order chi connectivity index (χ0) is 15.2. The van der Waals surface area contributed by atoms with Gasteiger partial charge in [0, 0.05) is 31.7 Å². The lowest BCUT2D eigenvalue weighted by Gasteiger charge is -2.13. The molecule has 0 radical (unpaired) electrons. The van der Waals surface area contributed by atoms with Gasteiger partial charge in [-0.15, -0.1) is 11.3 Å². The fourth-order valence-corrected chi connectivity index (χ4v) is 4.82. The van der Waals surface area contributed by atoms with E-state index in [9.17, 15) is 8.42 Å². The highest BCUT2D eigenvalue weighted by Crippen LogP contribution is 2.26. The molecule has 0 aromatic carbocycles. The number of rotatable bonds is 9. The summed E-state index contributed by atoms with van der Waals surface area (Å²) >= 11 is 1.48. The fraction of sp³-hybridized carbons (Fsp3) is 0.692. The van der Waals surface area contributed by atoms with Gasteiger partial charge in [0.2, 0.25) is 10.0 Å². The van der Waals surface area contributed by atoms with Crippen molar-refractivity contribution in [1.29, 1.82) is 0 Å². The summed E-state index contributed by atoms with van der Waals surface area (Å²) in [5.41, 5.74) is 0.801. The van der Waals surface area contributed by atoms with Crippen LogP contribution >= 0.6 is 11.3 Å². The van der Waals surface area contributed by atoms with E-state index in [4.69, 9.17) is 4.74 Å². The van der Waals surface area contributed by atoms with Gasteiger partial charge in [-0.3, -0.25) is 0 Å². The third kappa shape index (κ3) is 4.82. The maximum absolute atomic E-state index is 12.4. The highest BCUT2D eigenvalue weighted by molar-refractivity contribution is 7.89. The summed E-state index contributed by atoms with van der Waals surface area (Å²) in [4.78, 5) is 1.28. The SMILES string of the molecule is CCNCc1scc(C)c1S(=O)(=O)NCC(C)COC. The molecule has 2 N–H and O–H groups in total.